The van der Waals surface area contributed by atoms with Gasteiger partial charge < -0.3 is 19.4 Å². The minimum Gasteiger partial charge on any atom is -0.439 e. The summed E-state index contributed by atoms with van der Waals surface area (Å²) in [5, 5.41) is 3.92. The number of nitrogens with one attached hydrogen (secondary N) is 1. The van der Waals surface area contributed by atoms with Crippen LogP contribution in [0.4, 0.5) is 5.69 Å². The lowest BCUT2D eigenvalue weighted by Gasteiger charge is -2.35. The van der Waals surface area contributed by atoms with Crippen LogP contribution in [0, 0.1) is 0 Å². The van der Waals surface area contributed by atoms with Gasteiger partial charge in [-0.15, -0.1) is 0 Å². The predicted molar refractivity (Wildman–Crippen MR) is 117 cm³/mol. The third-order valence-corrected chi connectivity index (χ3v) is 5.18. The van der Waals surface area contributed by atoms with E-state index in [2.05, 4.69) is 10.3 Å². The van der Waals surface area contributed by atoms with Gasteiger partial charge in [-0.3, -0.25) is 4.79 Å². The van der Waals surface area contributed by atoms with Crippen molar-refractivity contribution in [2.75, 3.05) is 18.4 Å². The zero-order chi connectivity index (χ0) is 21.1. The average Bonchev–Trinajstić information content (AvgIpc) is 3.21. The fourth-order valence-corrected chi connectivity index (χ4v) is 3.79. The first-order valence-corrected chi connectivity index (χ1v) is 10.3. The molecule has 1 saturated heterocycles. The monoisotopic (exact) mass is 425 g/mol. The molecule has 4 rings (SSSR count). The number of hydrogen-bond donors (Lipinski definition) is 1. The highest BCUT2D eigenvalue weighted by Crippen LogP contribution is 2.24. The first kappa shape index (κ1) is 20.4. The highest BCUT2D eigenvalue weighted by atomic mass is 35.5. The Bertz CT molecular complexity index is 1010. The molecule has 2 heterocycles. The van der Waals surface area contributed by atoms with Crippen molar-refractivity contribution in [2.45, 2.75) is 32.6 Å². The number of amides is 1. The zero-order valence-electron chi connectivity index (χ0n) is 17.0. The Morgan fingerprint density at radius 3 is 2.60 bits per heavy atom. The lowest BCUT2D eigenvalue weighted by atomic mass is 10.1. The molecular weight excluding hydrogens is 402 g/mol. The lowest BCUT2D eigenvalue weighted by Crippen LogP contribution is -2.48. The highest BCUT2D eigenvalue weighted by molar-refractivity contribution is 6.30. The van der Waals surface area contributed by atoms with Crippen molar-refractivity contribution < 1.29 is 13.9 Å². The van der Waals surface area contributed by atoms with E-state index < -0.39 is 0 Å². The first-order chi connectivity index (χ1) is 14.5. The Balaban J connectivity index is 1.36. The quantitative estimate of drug-likeness (QED) is 0.632. The minimum atomic E-state index is 0.0300. The summed E-state index contributed by atoms with van der Waals surface area (Å²) in [5.41, 5.74) is 2.44. The van der Waals surface area contributed by atoms with Crippen LogP contribution in [0.5, 0.6) is 0 Å². The van der Waals surface area contributed by atoms with Crippen molar-refractivity contribution >= 4 is 23.2 Å². The van der Waals surface area contributed by atoms with E-state index in [9.17, 15) is 4.79 Å². The number of ether oxygens (including phenoxy) is 1. The summed E-state index contributed by atoms with van der Waals surface area (Å²) in [6, 6.07) is 14.9. The number of rotatable bonds is 5. The van der Waals surface area contributed by atoms with Crippen LogP contribution < -0.4 is 5.32 Å². The molecule has 1 N–H and O–H groups in total. The first-order valence-electron chi connectivity index (χ1n) is 9.97. The smallest absolute Gasteiger partial charge is 0.254 e. The van der Waals surface area contributed by atoms with Gasteiger partial charge in [-0.25, -0.2) is 4.98 Å². The molecular formula is C23H24ClN3O3. The fourth-order valence-electron chi connectivity index (χ4n) is 3.60. The second-order valence-electron chi connectivity index (χ2n) is 7.53. The van der Waals surface area contributed by atoms with E-state index >= 15 is 0 Å². The van der Waals surface area contributed by atoms with Gasteiger partial charge in [-0.05, 0) is 50.2 Å². The molecule has 1 aliphatic rings. The van der Waals surface area contributed by atoms with E-state index in [0.717, 1.165) is 11.3 Å². The van der Waals surface area contributed by atoms with Crippen molar-refractivity contribution in [3.05, 3.63) is 71.2 Å². The number of carbonyl (C=O) groups excluding carboxylic acids is 1. The second kappa shape index (κ2) is 8.90. The lowest BCUT2D eigenvalue weighted by molar-refractivity contribution is -0.0586. The van der Waals surface area contributed by atoms with E-state index in [1.54, 1.807) is 6.20 Å². The molecule has 7 heteroatoms. The van der Waals surface area contributed by atoms with Crippen LogP contribution in [0.1, 0.15) is 30.1 Å². The molecule has 156 valence electrons. The number of benzene rings is 2. The Morgan fingerprint density at radius 1 is 1.17 bits per heavy atom. The maximum Gasteiger partial charge on any atom is 0.254 e. The van der Waals surface area contributed by atoms with Crippen molar-refractivity contribution in [1.82, 2.24) is 9.88 Å². The number of morpholine rings is 1. The molecule has 3 aromatic rings. The van der Waals surface area contributed by atoms with Gasteiger partial charge in [-0.2, -0.15) is 0 Å². The van der Waals surface area contributed by atoms with Gasteiger partial charge in [-0.1, -0.05) is 23.7 Å². The predicted octanol–water partition coefficient (Wildman–Crippen LogP) is 4.86. The minimum absolute atomic E-state index is 0.0300. The zero-order valence-corrected chi connectivity index (χ0v) is 17.7. The Kier molecular flexibility index (Phi) is 6.06. The standard InChI is InChI=1S/C23H24ClN3O3/c1-15-13-27(14-16(2)29-15)23(28)17-6-8-20(9-7-17)25-12-22-26-11-21(30-22)18-4-3-5-19(24)10-18/h3-11,15-16,25H,12-14H2,1-2H3. The highest BCUT2D eigenvalue weighted by Gasteiger charge is 2.26. The van der Waals surface area contributed by atoms with Gasteiger partial charge in [0, 0.05) is 34.9 Å². The summed E-state index contributed by atoms with van der Waals surface area (Å²) in [6.45, 7) is 5.64. The summed E-state index contributed by atoms with van der Waals surface area (Å²) < 4.78 is 11.5. The number of halogens is 1. The molecule has 0 bridgehead atoms. The van der Waals surface area contributed by atoms with Crippen LogP contribution >= 0.6 is 11.6 Å². The van der Waals surface area contributed by atoms with E-state index in [0.29, 0.717) is 41.9 Å². The van der Waals surface area contributed by atoms with Crippen LogP contribution in [0.25, 0.3) is 11.3 Å². The van der Waals surface area contributed by atoms with E-state index in [4.69, 9.17) is 20.8 Å². The van der Waals surface area contributed by atoms with E-state index in [1.165, 1.54) is 0 Å². The average molecular weight is 426 g/mol. The number of hydrogen-bond acceptors (Lipinski definition) is 5. The van der Waals surface area contributed by atoms with Crippen LogP contribution in [0.2, 0.25) is 5.02 Å². The molecule has 1 aromatic heterocycles. The van der Waals surface area contributed by atoms with Gasteiger partial charge in [0.1, 0.15) is 0 Å². The molecule has 0 radical (unpaired) electrons. The summed E-state index contributed by atoms with van der Waals surface area (Å²) in [7, 11) is 0. The number of anilines is 1. The molecule has 2 atom stereocenters. The molecule has 1 aliphatic heterocycles. The molecule has 2 unspecified atom stereocenters. The van der Waals surface area contributed by atoms with Gasteiger partial charge in [0.2, 0.25) is 5.89 Å². The van der Waals surface area contributed by atoms with Crippen LogP contribution in [0.3, 0.4) is 0 Å². The van der Waals surface area contributed by atoms with Gasteiger partial charge in [0.15, 0.2) is 5.76 Å². The van der Waals surface area contributed by atoms with Crippen molar-refractivity contribution in [3.63, 3.8) is 0 Å². The van der Waals surface area contributed by atoms with Crippen LogP contribution in [0.15, 0.2) is 59.1 Å². The maximum atomic E-state index is 12.8. The number of aromatic nitrogens is 1. The summed E-state index contributed by atoms with van der Waals surface area (Å²) >= 11 is 6.03. The number of oxazole rings is 1. The van der Waals surface area contributed by atoms with E-state index in [1.807, 2.05) is 67.3 Å². The normalized spacial score (nSPS) is 19.0. The molecule has 0 saturated carbocycles. The molecule has 6 nitrogen and oxygen atoms in total. The topological polar surface area (TPSA) is 67.6 Å². The molecule has 1 amide bonds. The third kappa shape index (κ3) is 4.83. The van der Waals surface area contributed by atoms with Gasteiger partial charge in [0.25, 0.3) is 5.91 Å². The molecule has 2 aromatic carbocycles. The number of nitrogens with zero attached hydrogens (tertiary/aromatic N) is 2. The van der Waals surface area contributed by atoms with Gasteiger partial charge >= 0.3 is 0 Å². The van der Waals surface area contributed by atoms with Crippen LogP contribution in [-0.2, 0) is 11.3 Å². The Hall–Kier alpha value is -2.83. The molecule has 30 heavy (non-hydrogen) atoms. The second-order valence-corrected chi connectivity index (χ2v) is 7.96. The summed E-state index contributed by atoms with van der Waals surface area (Å²) in [5.74, 6) is 1.27. The van der Waals surface area contributed by atoms with Crippen molar-refractivity contribution in [3.8, 4) is 11.3 Å². The third-order valence-electron chi connectivity index (χ3n) is 4.95. The summed E-state index contributed by atoms with van der Waals surface area (Å²) in [4.78, 5) is 18.9. The Labute approximate surface area is 180 Å². The molecule has 0 aliphatic carbocycles. The van der Waals surface area contributed by atoms with Gasteiger partial charge in [0.05, 0.1) is 24.9 Å². The number of carbonyl (C=O) groups is 1. The van der Waals surface area contributed by atoms with Crippen molar-refractivity contribution in [1.29, 1.82) is 0 Å². The van der Waals surface area contributed by atoms with Crippen molar-refractivity contribution in [2.24, 2.45) is 0 Å². The fraction of sp³-hybridized carbons (Fsp3) is 0.304. The molecule has 0 spiro atoms. The summed E-state index contributed by atoms with van der Waals surface area (Å²) in [6.07, 6.45) is 1.79. The molecule has 1 fully saturated rings. The van der Waals surface area contributed by atoms with Crippen LogP contribution in [-0.4, -0.2) is 41.1 Å². The Morgan fingerprint density at radius 2 is 1.90 bits per heavy atom. The largest absolute Gasteiger partial charge is 0.439 e. The van der Waals surface area contributed by atoms with E-state index in [-0.39, 0.29) is 18.1 Å². The maximum absolute atomic E-state index is 12.8. The SMILES string of the molecule is CC1CN(C(=O)c2ccc(NCc3ncc(-c4cccc(Cl)c4)o3)cc2)CC(C)O1.